The molecule has 0 bridgehead atoms. The Morgan fingerprint density at radius 3 is 2.83 bits per heavy atom. The number of furan rings is 1. The Morgan fingerprint density at radius 2 is 2.13 bits per heavy atom. The fourth-order valence-electron chi connectivity index (χ4n) is 2.47. The molecule has 4 aromatic rings. The Kier molecular flexibility index (Phi) is 3.49. The molecule has 0 amide bonds. The van der Waals surface area contributed by atoms with Gasteiger partial charge in [0.1, 0.15) is 17.1 Å². The van der Waals surface area contributed by atoms with Crippen LogP contribution in [0.3, 0.4) is 0 Å². The summed E-state index contributed by atoms with van der Waals surface area (Å²) in [6.07, 6.45) is 2.37. The number of benzene rings is 1. The van der Waals surface area contributed by atoms with Crippen LogP contribution in [0, 0.1) is 0 Å². The van der Waals surface area contributed by atoms with Crippen LogP contribution in [0.2, 0.25) is 10.0 Å². The maximum atomic E-state index is 11.7. The number of imidazole rings is 1. The van der Waals surface area contributed by atoms with Gasteiger partial charge in [-0.1, -0.05) is 23.2 Å². The van der Waals surface area contributed by atoms with Gasteiger partial charge in [0.2, 0.25) is 0 Å². The molecule has 0 unspecified atom stereocenters. The van der Waals surface area contributed by atoms with Crippen LogP contribution in [-0.2, 0) is 0 Å². The molecule has 4 nitrogen and oxygen atoms in total. The van der Waals surface area contributed by atoms with Crippen LogP contribution >= 0.6 is 34.5 Å². The topological polar surface area (TPSA) is 47.5 Å². The monoisotopic (exact) mass is 362 g/mol. The van der Waals surface area contributed by atoms with Crippen LogP contribution in [0.5, 0.6) is 0 Å². The SMILES string of the molecule is O=Cc1c(-c2ccc(Cl)cc2Cl)nc2scc(-c3ccco3)n12. The van der Waals surface area contributed by atoms with Crippen LogP contribution in [0.25, 0.3) is 27.7 Å². The third kappa shape index (κ3) is 2.28. The molecule has 0 saturated carbocycles. The molecule has 1 aromatic carbocycles. The summed E-state index contributed by atoms with van der Waals surface area (Å²) in [6.45, 7) is 0. The molecule has 114 valence electrons. The van der Waals surface area contributed by atoms with Crippen molar-refractivity contribution in [2.75, 3.05) is 0 Å². The van der Waals surface area contributed by atoms with Gasteiger partial charge in [0.25, 0.3) is 0 Å². The van der Waals surface area contributed by atoms with E-state index in [1.165, 1.54) is 11.3 Å². The molecule has 3 heterocycles. The molecule has 0 fully saturated rings. The van der Waals surface area contributed by atoms with E-state index in [1.807, 2.05) is 11.4 Å². The number of aldehydes is 1. The summed E-state index contributed by atoms with van der Waals surface area (Å²) in [5, 5.41) is 2.89. The minimum absolute atomic E-state index is 0.428. The molecule has 0 radical (unpaired) electrons. The predicted molar refractivity (Wildman–Crippen MR) is 91.6 cm³/mol. The number of hydrogen-bond acceptors (Lipinski definition) is 4. The van der Waals surface area contributed by atoms with Crippen molar-refractivity contribution in [1.82, 2.24) is 9.38 Å². The highest BCUT2D eigenvalue weighted by Crippen LogP contribution is 2.35. The van der Waals surface area contributed by atoms with Crippen molar-refractivity contribution in [3.63, 3.8) is 0 Å². The van der Waals surface area contributed by atoms with Crippen LogP contribution in [-0.4, -0.2) is 15.7 Å². The van der Waals surface area contributed by atoms with Crippen molar-refractivity contribution >= 4 is 45.8 Å². The number of hydrogen-bond donors (Lipinski definition) is 0. The summed E-state index contributed by atoms with van der Waals surface area (Å²) in [5.74, 6) is 0.672. The zero-order valence-electron chi connectivity index (χ0n) is 11.5. The number of carbonyl (C=O) groups is 1. The smallest absolute Gasteiger partial charge is 0.195 e. The Labute approximate surface area is 144 Å². The van der Waals surface area contributed by atoms with E-state index >= 15 is 0 Å². The predicted octanol–water partition coefficient (Wildman–Crippen LogP) is 5.44. The van der Waals surface area contributed by atoms with Crippen LogP contribution in [0.4, 0.5) is 0 Å². The van der Waals surface area contributed by atoms with Crippen molar-refractivity contribution < 1.29 is 9.21 Å². The number of carbonyl (C=O) groups excluding carboxylic acids is 1. The second-order valence-electron chi connectivity index (χ2n) is 4.80. The lowest BCUT2D eigenvalue weighted by Gasteiger charge is -2.03. The average Bonchev–Trinajstić information content (AvgIpc) is 3.22. The molecule has 0 aliphatic carbocycles. The van der Waals surface area contributed by atoms with E-state index in [4.69, 9.17) is 27.6 Å². The molecule has 3 aromatic heterocycles. The summed E-state index contributed by atoms with van der Waals surface area (Å²) in [6, 6.07) is 8.75. The normalized spacial score (nSPS) is 11.2. The van der Waals surface area contributed by atoms with E-state index < -0.39 is 0 Å². The number of halogens is 2. The summed E-state index contributed by atoms with van der Waals surface area (Å²) >= 11 is 13.6. The van der Waals surface area contributed by atoms with Gasteiger partial charge < -0.3 is 4.42 Å². The first kappa shape index (κ1) is 14.5. The Bertz CT molecular complexity index is 1020. The van der Waals surface area contributed by atoms with Gasteiger partial charge >= 0.3 is 0 Å². The molecular weight excluding hydrogens is 355 g/mol. The highest BCUT2D eigenvalue weighted by atomic mass is 35.5. The van der Waals surface area contributed by atoms with Crippen LogP contribution in [0.15, 0.2) is 46.4 Å². The molecule has 4 rings (SSSR count). The summed E-state index contributed by atoms with van der Waals surface area (Å²) in [4.78, 5) is 17.0. The first-order valence-corrected chi connectivity index (χ1v) is 8.27. The van der Waals surface area contributed by atoms with Gasteiger partial charge in [-0.15, -0.1) is 11.3 Å². The molecule has 0 saturated heterocycles. The van der Waals surface area contributed by atoms with Crippen molar-refractivity contribution in [3.8, 4) is 22.7 Å². The summed E-state index contributed by atoms with van der Waals surface area (Å²) in [7, 11) is 0. The highest BCUT2D eigenvalue weighted by Gasteiger charge is 2.20. The average molecular weight is 363 g/mol. The lowest BCUT2D eigenvalue weighted by Crippen LogP contribution is -1.94. The van der Waals surface area contributed by atoms with Crippen molar-refractivity contribution in [2.45, 2.75) is 0 Å². The van der Waals surface area contributed by atoms with E-state index in [0.717, 1.165) is 12.0 Å². The van der Waals surface area contributed by atoms with Gasteiger partial charge in [-0.25, -0.2) is 4.98 Å². The molecule has 7 heteroatoms. The number of fused-ring (bicyclic) bond motifs is 1. The van der Waals surface area contributed by atoms with E-state index in [1.54, 1.807) is 34.9 Å². The largest absolute Gasteiger partial charge is 0.463 e. The molecule has 0 N–H and O–H groups in total. The first-order valence-electron chi connectivity index (χ1n) is 6.63. The van der Waals surface area contributed by atoms with Gasteiger partial charge in [0.05, 0.1) is 11.3 Å². The van der Waals surface area contributed by atoms with E-state index in [-0.39, 0.29) is 0 Å². The fourth-order valence-corrected chi connectivity index (χ4v) is 3.85. The fraction of sp³-hybridized carbons (Fsp3) is 0. The molecule has 23 heavy (non-hydrogen) atoms. The third-order valence-corrected chi connectivity index (χ3v) is 4.84. The van der Waals surface area contributed by atoms with Gasteiger partial charge in [-0.2, -0.15) is 0 Å². The van der Waals surface area contributed by atoms with Crippen molar-refractivity contribution in [2.24, 2.45) is 0 Å². The first-order chi connectivity index (χ1) is 11.2. The Morgan fingerprint density at radius 1 is 1.26 bits per heavy atom. The molecular formula is C16H8Cl2N2O2S. The minimum atomic E-state index is 0.428. The Hall–Kier alpha value is -2.08. The van der Waals surface area contributed by atoms with E-state index in [2.05, 4.69) is 4.98 Å². The number of rotatable bonds is 3. The molecule has 0 spiro atoms. The molecule has 0 aliphatic rings. The molecule has 0 atom stereocenters. The summed E-state index contributed by atoms with van der Waals surface area (Å²) in [5.41, 5.74) is 2.40. The van der Waals surface area contributed by atoms with E-state index in [9.17, 15) is 4.79 Å². The zero-order chi connectivity index (χ0) is 16.0. The zero-order valence-corrected chi connectivity index (χ0v) is 13.8. The second kappa shape index (κ2) is 5.53. The van der Waals surface area contributed by atoms with Gasteiger partial charge in [0, 0.05) is 16.0 Å². The maximum Gasteiger partial charge on any atom is 0.195 e. The third-order valence-electron chi connectivity index (χ3n) is 3.47. The van der Waals surface area contributed by atoms with Crippen LogP contribution < -0.4 is 0 Å². The quantitative estimate of drug-likeness (QED) is 0.455. The van der Waals surface area contributed by atoms with Gasteiger partial charge in [-0.3, -0.25) is 9.20 Å². The standard InChI is InChI=1S/C16H8Cl2N2O2S/c17-9-3-4-10(11(18)6-9)15-12(7-21)20-13(8-23-16(20)19-15)14-2-1-5-22-14/h1-8H. The highest BCUT2D eigenvalue weighted by molar-refractivity contribution is 7.15. The maximum absolute atomic E-state index is 11.7. The summed E-state index contributed by atoms with van der Waals surface area (Å²) < 4.78 is 7.21. The van der Waals surface area contributed by atoms with Crippen LogP contribution in [0.1, 0.15) is 10.5 Å². The van der Waals surface area contributed by atoms with Gasteiger partial charge in [-0.05, 0) is 30.3 Å². The number of aromatic nitrogens is 2. The number of thiazole rings is 1. The Balaban J connectivity index is 2.00. The minimum Gasteiger partial charge on any atom is -0.463 e. The molecule has 0 aliphatic heterocycles. The van der Waals surface area contributed by atoms with Gasteiger partial charge in [0.15, 0.2) is 17.0 Å². The lowest BCUT2D eigenvalue weighted by atomic mass is 10.1. The van der Waals surface area contributed by atoms with E-state index in [0.29, 0.717) is 37.7 Å². The lowest BCUT2D eigenvalue weighted by molar-refractivity contribution is 0.111. The van der Waals surface area contributed by atoms with Crippen molar-refractivity contribution in [3.05, 3.63) is 57.7 Å². The van der Waals surface area contributed by atoms with Crippen molar-refractivity contribution in [1.29, 1.82) is 0 Å². The number of nitrogens with zero attached hydrogens (tertiary/aromatic N) is 2. The second-order valence-corrected chi connectivity index (χ2v) is 6.48.